The summed E-state index contributed by atoms with van der Waals surface area (Å²) in [5, 5.41) is 14.8. The van der Waals surface area contributed by atoms with E-state index in [0.29, 0.717) is 6.61 Å². The summed E-state index contributed by atoms with van der Waals surface area (Å²) in [7, 11) is 1.85. The van der Waals surface area contributed by atoms with Crippen LogP contribution in [0.3, 0.4) is 0 Å². The molecule has 96 valence electrons. The first-order valence-corrected chi connectivity index (χ1v) is 6.89. The Morgan fingerprint density at radius 2 is 2.24 bits per heavy atom. The minimum Gasteiger partial charge on any atom is -0.384 e. The Morgan fingerprint density at radius 1 is 1.59 bits per heavy atom. The van der Waals surface area contributed by atoms with Crippen molar-refractivity contribution in [2.45, 2.75) is 44.3 Å². The molecule has 1 aliphatic carbocycles. The number of hydrogen-bond donors (Lipinski definition) is 1. The van der Waals surface area contributed by atoms with E-state index >= 15 is 0 Å². The van der Waals surface area contributed by atoms with Gasteiger partial charge >= 0.3 is 0 Å². The van der Waals surface area contributed by atoms with Gasteiger partial charge in [-0.2, -0.15) is 5.10 Å². The standard InChI is InChI=1S/C12H19BrN2O2/c1-3-17-12(6-4-5-7-12)11(16)10-9(13)8-14-15(10)2/h8,11,16H,3-7H2,1-2H3. The lowest BCUT2D eigenvalue weighted by atomic mass is 9.92. The van der Waals surface area contributed by atoms with Gasteiger partial charge in [0.05, 0.1) is 22.0 Å². The lowest BCUT2D eigenvalue weighted by molar-refractivity contribution is -0.121. The molecule has 0 aliphatic heterocycles. The predicted octanol–water partition coefficient (Wildman–Crippen LogP) is 2.57. The van der Waals surface area contributed by atoms with E-state index in [1.54, 1.807) is 10.9 Å². The number of aliphatic hydroxyl groups is 1. The number of nitrogens with zero attached hydrogens (tertiary/aromatic N) is 2. The summed E-state index contributed by atoms with van der Waals surface area (Å²) in [5.74, 6) is 0. The molecular weight excluding hydrogens is 284 g/mol. The average Bonchev–Trinajstić information content (AvgIpc) is 2.88. The topological polar surface area (TPSA) is 47.3 Å². The van der Waals surface area contributed by atoms with Crippen LogP contribution in [-0.2, 0) is 11.8 Å². The van der Waals surface area contributed by atoms with Crippen LogP contribution in [0.4, 0.5) is 0 Å². The number of ether oxygens (including phenoxy) is 1. The van der Waals surface area contributed by atoms with Gasteiger partial charge in [0.2, 0.25) is 0 Å². The van der Waals surface area contributed by atoms with Gasteiger partial charge in [0.1, 0.15) is 6.10 Å². The van der Waals surface area contributed by atoms with Crippen molar-refractivity contribution in [2.75, 3.05) is 6.61 Å². The fraction of sp³-hybridized carbons (Fsp3) is 0.750. The molecule has 1 aromatic heterocycles. The molecule has 1 fully saturated rings. The first-order chi connectivity index (χ1) is 8.10. The molecule has 1 aromatic rings. The predicted molar refractivity (Wildman–Crippen MR) is 68.7 cm³/mol. The van der Waals surface area contributed by atoms with Crippen LogP contribution < -0.4 is 0 Å². The first kappa shape index (κ1) is 13.1. The fourth-order valence-electron chi connectivity index (χ4n) is 2.73. The van der Waals surface area contributed by atoms with Gasteiger partial charge in [-0.1, -0.05) is 12.8 Å². The summed E-state index contributed by atoms with van der Waals surface area (Å²) in [4.78, 5) is 0. The molecule has 0 aromatic carbocycles. The van der Waals surface area contributed by atoms with Gasteiger partial charge in [0.15, 0.2) is 0 Å². The van der Waals surface area contributed by atoms with E-state index in [4.69, 9.17) is 4.74 Å². The van der Waals surface area contributed by atoms with Crippen LogP contribution in [0.25, 0.3) is 0 Å². The second-order valence-electron chi connectivity index (χ2n) is 4.61. The molecule has 1 heterocycles. The second kappa shape index (κ2) is 5.08. The highest BCUT2D eigenvalue weighted by atomic mass is 79.9. The molecule has 5 heteroatoms. The van der Waals surface area contributed by atoms with Crippen molar-refractivity contribution >= 4 is 15.9 Å². The lowest BCUT2D eigenvalue weighted by Crippen LogP contribution is -2.37. The van der Waals surface area contributed by atoms with Crippen LogP contribution in [-0.4, -0.2) is 27.1 Å². The molecule has 4 nitrogen and oxygen atoms in total. The minimum atomic E-state index is -0.619. The smallest absolute Gasteiger partial charge is 0.126 e. The fourth-order valence-corrected chi connectivity index (χ4v) is 3.30. The van der Waals surface area contributed by atoms with Gasteiger partial charge in [-0.05, 0) is 35.7 Å². The molecular formula is C12H19BrN2O2. The molecule has 0 amide bonds. The molecule has 0 bridgehead atoms. The quantitative estimate of drug-likeness (QED) is 0.930. The number of halogens is 1. The average molecular weight is 303 g/mol. The van der Waals surface area contributed by atoms with E-state index in [1.165, 1.54) is 0 Å². The molecule has 1 aliphatic rings. The molecule has 0 radical (unpaired) electrons. The van der Waals surface area contributed by atoms with Crippen molar-refractivity contribution in [1.82, 2.24) is 9.78 Å². The summed E-state index contributed by atoms with van der Waals surface area (Å²) in [6.45, 7) is 2.61. The first-order valence-electron chi connectivity index (χ1n) is 6.10. The van der Waals surface area contributed by atoms with Crippen molar-refractivity contribution in [3.8, 4) is 0 Å². The van der Waals surface area contributed by atoms with E-state index in [0.717, 1.165) is 35.8 Å². The number of aliphatic hydroxyl groups excluding tert-OH is 1. The Morgan fingerprint density at radius 3 is 2.71 bits per heavy atom. The molecule has 17 heavy (non-hydrogen) atoms. The largest absolute Gasteiger partial charge is 0.384 e. The highest BCUT2D eigenvalue weighted by Crippen LogP contribution is 2.44. The third-order valence-corrected chi connectivity index (χ3v) is 4.19. The zero-order valence-electron chi connectivity index (χ0n) is 10.3. The number of hydrogen-bond acceptors (Lipinski definition) is 3. The molecule has 1 saturated carbocycles. The third-order valence-electron chi connectivity index (χ3n) is 3.58. The zero-order valence-corrected chi connectivity index (χ0v) is 11.9. The van der Waals surface area contributed by atoms with Crippen LogP contribution in [0.5, 0.6) is 0 Å². The van der Waals surface area contributed by atoms with Crippen molar-refractivity contribution < 1.29 is 9.84 Å². The van der Waals surface area contributed by atoms with Gasteiger partial charge in [-0.25, -0.2) is 0 Å². The van der Waals surface area contributed by atoms with Crippen molar-refractivity contribution in [2.24, 2.45) is 7.05 Å². The Hall–Kier alpha value is -0.390. The second-order valence-corrected chi connectivity index (χ2v) is 5.46. The summed E-state index contributed by atoms with van der Waals surface area (Å²) in [6.07, 6.45) is 5.16. The van der Waals surface area contributed by atoms with Gasteiger partial charge in [0.25, 0.3) is 0 Å². The number of aromatic nitrogens is 2. The van der Waals surface area contributed by atoms with E-state index in [9.17, 15) is 5.11 Å². The Labute approximate surface area is 110 Å². The van der Waals surface area contributed by atoms with Crippen LogP contribution in [0, 0.1) is 0 Å². The van der Waals surface area contributed by atoms with Crippen LogP contribution in [0.15, 0.2) is 10.7 Å². The van der Waals surface area contributed by atoms with Crippen LogP contribution >= 0.6 is 15.9 Å². The van der Waals surface area contributed by atoms with Crippen LogP contribution in [0.2, 0.25) is 0 Å². The highest BCUT2D eigenvalue weighted by Gasteiger charge is 2.44. The molecule has 1 unspecified atom stereocenters. The van der Waals surface area contributed by atoms with Crippen LogP contribution in [0.1, 0.15) is 44.4 Å². The van der Waals surface area contributed by atoms with Crippen molar-refractivity contribution in [1.29, 1.82) is 0 Å². The maximum Gasteiger partial charge on any atom is 0.126 e. The third kappa shape index (κ3) is 2.28. The van der Waals surface area contributed by atoms with Crippen molar-refractivity contribution in [3.63, 3.8) is 0 Å². The van der Waals surface area contributed by atoms with Gasteiger partial charge in [-0.3, -0.25) is 4.68 Å². The van der Waals surface area contributed by atoms with Gasteiger partial charge < -0.3 is 9.84 Å². The van der Waals surface area contributed by atoms with E-state index < -0.39 is 11.7 Å². The maximum absolute atomic E-state index is 10.6. The van der Waals surface area contributed by atoms with Gasteiger partial charge in [0, 0.05) is 13.7 Å². The Balaban J connectivity index is 2.31. The normalized spacial score (nSPS) is 20.7. The molecule has 1 N–H and O–H groups in total. The monoisotopic (exact) mass is 302 g/mol. The summed E-state index contributed by atoms with van der Waals surface area (Å²) in [6, 6.07) is 0. The number of rotatable bonds is 4. The summed E-state index contributed by atoms with van der Waals surface area (Å²) < 4.78 is 8.44. The summed E-state index contributed by atoms with van der Waals surface area (Å²) in [5.41, 5.74) is 0.380. The zero-order chi connectivity index (χ0) is 12.5. The van der Waals surface area contributed by atoms with E-state index in [2.05, 4.69) is 21.0 Å². The van der Waals surface area contributed by atoms with E-state index in [-0.39, 0.29) is 0 Å². The SMILES string of the molecule is CCOC1(C(O)c2c(Br)cnn2C)CCCC1. The van der Waals surface area contributed by atoms with E-state index in [1.807, 2.05) is 14.0 Å². The van der Waals surface area contributed by atoms with Gasteiger partial charge in [-0.15, -0.1) is 0 Å². The molecule has 2 rings (SSSR count). The highest BCUT2D eigenvalue weighted by molar-refractivity contribution is 9.10. The molecule has 0 saturated heterocycles. The maximum atomic E-state index is 10.6. The Kier molecular flexibility index (Phi) is 3.90. The molecule has 0 spiro atoms. The number of aryl methyl sites for hydroxylation is 1. The Bertz CT molecular complexity index is 366. The lowest BCUT2D eigenvalue weighted by Gasteiger charge is -2.34. The van der Waals surface area contributed by atoms with Crippen molar-refractivity contribution in [3.05, 3.63) is 16.4 Å². The summed E-state index contributed by atoms with van der Waals surface area (Å²) >= 11 is 3.44. The molecule has 1 atom stereocenters. The minimum absolute atomic E-state index is 0.426.